The van der Waals surface area contributed by atoms with Crippen molar-refractivity contribution in [2.45, 2.75) is 25.2 Å². The van der Waals surface area contributed by atoms with Crippen LogP contribution in [0.3, 0.4) is 0 Å². The number of hydrogen-bond donors (Lipinski definition) is 3. The first-order valence-electron chi connectivity index (χ1n) is 5.89. The molecule has 7 nitrogen and oxygen atoms in total. The fourth-order valence-electron chi connectivity index (χ4n) is 2.08. The zero-order valence-corrected chi connectivity index (χ0v) is 10.1. The second kappa shape index (κ2) is 5.47. The number of aromatic nitrogens is 2. The van der Waals surface area contributed by atoms with Crippen LogP contribution in [-0.2, 0) is 4.74 Å². The van der Waals surface area contributed by atoms with Crippen LogP contribution in [0.5, 0.6) is 0 Å². The molecule has 7 heteroatoms. The van der Waals surface area contributed by atoms with Crippen LogP contribution in [0.1, 0.15) is 17.5 Å². The first-order valence-corrected chi connectivity index (χ1v) is 5.89. The maximum atomic E-state index is 12.2. The van der Waals surface area contributed by atoms with Crippen molar-refractivity contribution in [2.75, 3.05) is 19.8 Å². The Labute approximate surface area is 104 Å². The zero-order chi connectivity index (χ0) is 13.1. The molecular weight excluding hydrogens is 238 g/mol. The minimum atomic E-state index is -1.00. The predicted octanol–water partition coefficient (Wildman–Crippen LogP) is -1.01. The van der Waals surface area contributed by atoms with Gasteiger partial charge >= 0.3 is 0 Å². The van der Waals surface area contributed by atoms with Crippen molar-refractivity contribution in [3.63, 3.8) is 0 Å². The lowest BCUT2D eigenvalue weighted by Gasteiger charge is -2.38. The van der Waals surface area contributed by atoms with Crippen molar-refractivity contribution in [2.24, 2.45) is 0 Å². The third kappa shape index (κ3) is 2.38. The molecule has 1 saturated heterocycles. The Kier molecular flexibility index (Phi) is 3.95. The fraction of sp³-hybridized carbons (Fsp3) is 0.636. The number of hydrogen-bond acceptors (Lipinski definition) is 5. The largest absolute Gasteiger partial charge is 0.388 e. The lowest BCUT2D eigenvalue weighted by atomic mass is 10.0. The number of amides is 1. The van der Waals surface area contributed by atoms with Crippen LogP contribution in [0.25, 0.3) is 0 Å². The summed E-state index contributed by atoms with van der Waals surface area (Å²) in [6.07, 6.45) is 1.08. The van der Waals surface area contributed by atoms with Crippen LogP contribution in [0.15, 0.2) is 12.4 Å². The molecule has 18 heavy (non-hydrogen) atoms. The third-order valence-corrected chi connectivity index (χ3v) is 3.07. The van der Waals surface area contributed by atoms with Gasteiger partial charge in [0.25, 0.3) is 5.91 Å². The van der Waals surface area contributed by atoms with Gasteiger partial charge in [0.1, 0.15) is 12.2 Å². The van der Waals surface area contributed by atoms with Crippen LogP contribution < -0.4 is 0 Å². The zero-order valence-electron chi connectivity index (χ0n) is 10.1. The molecule has 2 heterocycles. The van der Waals surface area contributed by atoms with Gasteiger partial charge in [-0.3, -0.25) is 4.79 Å². The van der Waals surface area contributed by atoms with Crippen LogP contribution >= 0.6 is 0 Å². The highest BCUT2D eigenvalue weighted by atomic mass is 16.5. The Balaban J connectivity index is 2.15. The molecule has 3 atom stereocenters. The van der Waals surface area contributed by atoms with Gasteiger partial charge in [0.05, 0.1) is 19.3 Å². The number of carbonyl (C=O) groups is 1. The van der Waals surface area contributed by atoms with Crippen LogP contribution in [0.4, 0.5) is 0 Å². The Morgan fingerprint density at radius 3 is 3.00 bits per heavy atom. The Bertz CT molecular complexity index is 395. The number of aliphatic hydroxyl groups is 2. The van der Waals surface area contributed by atoms with Gasteiger partial charge in [-0.2, -0.15) is 0 Å². The number of ether oxygens (including phenoxy) is 1. The molecule has 0 aliphatic carbocycles. The van der Waals surface area contributed by atoms with Crippen molar-refractivity contribution < 1.29 is 19.7 Å². The summed E-state index contributed by atoms with van der Waals surface area (Å²) < 4.78 is 5.18. The van der Waals surface area contributed by atoms with Gasteiger partial charge < -0.3 is 24.8 Å². The molecule has 0 aromatic carbocycles. The first-order chi connectivity index (χ1) is 8.65. The van der Waals surface area contributed by atoms with Crippen LogP contribution in [-0.4, -0.2) is 69.0 Å². The number of H-pyrrole nitrogens is 1. The average molecular weight is 255 g/mol. The van der Waals surface area contributed by atoms with Crippen molar-refractivity contribution in [1.82, 2.24) is 14.9 Å². The van der Waals surface area contributed by atoms with Gasteiger partial charge in [-0.1, -0.05) is 0 Å². The number of carbonyl (C=O) groups excluding carboxylic acids is 1. The monoisotopic (exact) mass is 255 g/mol. The molecule has 1 aromatic rings. The van der Waals surface area contributed by atoms with Crippen LogP contribution in [0.2, 0.25) is 0 Å². The summed E-state index contributed by atoms with van der Waals surface area (Å²) in [6, 6.07) is -0.559. The SMILES string of the molecule is CCN(C(=O)c1ncc[nH]1)[C@@H]1COC[C@@H](O)[C@H]1O. The second-order valence-corrected chi connectivity index (χ2v) is 4.19. The topological polar surface area (TPSA) is 98.7 Å². The molecule has 0 radical (unpaired) electrons. The van der Waals surface area contributed by atoms with E-state index in [2.05, 4.69) is 9.97 Å². The molecule has 1 aromatic heterocycles. The van der Waals surface area contributed by atoms with Gasteiger partial charge in [-0.05, 0) is 6.92 Å². The Hall–Kier alpha value is -1.44. The summed E-state index contributed by atoms with van der Waals surface area (Å²) in [5.41, 5.74) is 0. The number of aromatic amines is 1. The second-order valence-electron chi connectivity index (χ2n) is 4.19. The van der Waals surface area contributed by atoms with Crippen molar-refractivity contribution in [3.8, 4) is 0 Å². The van der Waals surface area contributed by atoms with E-state index >= 15 is 0 Å². The van der Waals surface area contributed by atoms with E-state index in [0.717, 1.165) is 0 Å². The van der Waals surface area contributed by atoms with Gasteiger partial charge in [-0.15, -0.1) is 0 Å². The summed E-state index contributed by atoms with van der Waals surface area (Å²) in [5.74, 6) is -0.103. The summed E-state index contributed by atoms with van der Waals surface area (Å²) in [6.45, 7) is 2.49. The quantitative estimate of drug-likeness (QED) is 0.643. The number of nitrogens with zero attached hydrogens (tertiary/aromatic N) is 2. The minimum Gasteiger partial charge on any atom is -0.388 e. The highest BCUT2D eigenvalue weighted by molar-refractivity contribution is 5.90. The molecule has 0 unspecified atom stereocenters. The highest BCUT2D eigenvalue weighted by Gasteiger charge is 2.37. The summed E-state index contributed by atoms with van der Waals surface area (Å²) in [4.78, 5) is 20.2. The molecule has 1 amide bonds. The molecular formula is C11H17N3O4. The van der Waals surface area contributed by atoms with Crippen LogP contribution in [0, 0.1) is 0 Å². The van der Waals surface area contributed by atoms with Gasteiger partial charge in [0.15, 0.2) is 5.82 Å². The number of rotatable bonds is 3. The summed E-state index contributed by atoms with van der Waals surface area (Å²) in [5, 5.41) is 19.5. The van der Waals surface area contributed by atoms with Crippen molar-refractivity contribution in [3.05, 3.63) is 18.2 Å². The lowest BCUT2D eigenvalue weighted by molar-refractivity contribution is -0.125. The summed E-state index contributed by atoms with van der Waals surface area (Å²) in [7, 11) is 0. The Morgan fingerprint density at radius 1 is 1.61 bits per heavy atom. The minimum absolute atomic E-state index is 0.0875. The Morgan fingerprint density at radius 2 is 2.39 bits per heavy atom. The van der Waals surface area contributed by atoms with E-state index in [1.807, 2.05) is 0 Å². The molecule has 1 fully saturated rings. The number of likely N-dealkylation sites (N-methyl/N-ethyl adjacent to an activating group) is 1. The van der Waals surface area contributed by atoms with E-state index in [-0.39, 0.29) is 24.9 Å². The standard InChI is InChI=1S/C11H17N3O4/c1-2-14(11(17)10-12-3-4-13-10)7-5-18-6-8(15)9(7)16/h3-4,7-9,15-16H,2,5-6H2,1H3,(H,12,13)/t7-,8-,9+/m1/s1. The first kappa shape index (κ1) is 13.0. The van der Waals surface area contributed by atoms with E-state index in [0.29, 0.717) is 6.54 Å². The van der Waals surface area contributed by atoms with E-state index in [1.54, 1.807) is 13.1 Å². The molecule has 1 aliphatic rings. The molecule has 0 bridgehead atoms. The lowest BCUT2D eigenvalue weighted by Crippen LogP contribution is -2.57. The normalized spacial score (nSPS) is 28.1. The predicted molar refractivity (Wildman–Crippen MR) is 61.9 cm³/mol. The maximum absolute atomic E-state index is 12.2. The molecule has 3 N–H and O–H groups in total. The average Bonchev–Trinajstić information content (AvgIpc) is 2.89. The van der Waals surface area contributed by atoms with Crippen molar-refractivity contribution in [1.29, 1.82) is 0 Å². The van der Waals surface area contributed by atoms with Gasteiger partial charge in [-0.25, -0.2) is 4.98 Å². The highest BCUT2D eigenvalue weighted by Crippen LogP contribution is 2.16. The third-order valence-electron chi connectivity index (χ3n) is 3.07. The smallest absolute Gasteiger partial charge is 0.290 e. The molecule has 1 aliphatic heterocycles. The maximum Gasteiger partial charge on any atom is 0.290 e. The van der Waals surface area contributed by atoms with E-state index in [1.165, 1.54) is 11.1 Å². The van der Waals surface area contributed by atoms with E-state index in [4.69, 9.17) is 4.74 Å². The van der Waals surface area contributed by atoms with Crippen molar-refractivity contribution >= 4 is 5.91 Å². The number of imidazole rings is 1. The van der Waals surface area contributed by atoms with E-state index < -0.39 is 18.2 Å². The van der Waals surface area contributed by atoms with Gasteiger partial charge in [0, 0.05) is 18.9 Å². The van der Waals surface area contributed by atoms with Gasteiger partial charge in [0.2, 0.25) is 0 Å². The fourth-order valence-corrected chi connectivity index (χ4v) is 2.08. The molecule has 0 spiro atoms. The molecule has 0 saturated carbocycles. The number of nitrogens with one attached hydrogen (secondary N) is 1. The number of aliphatic hydroxyl groups excluding tert-OH is 2. The molecule has 2 rings (SSSR count). The molecule has 100 valence electrons. The summed E-state index contributed by atoms with van der Waals surface area (Å²) >= 11 is 0. The van der Waals surface area contributed by atoms with E-state index in [9.17, 15) is 15.0 Å².